The van der Waals surface area contributed by atoms with Gasteiger partial charge in [0.2, 0.25) is 0 Å². The minimum Gasteiger partial charge on any atom is -0.465 e. The van der Waals surface area contributed by atoms with Crippen LogP contribution >= 0.6 is 0 Å². The van der Waals surface area contributed by atoms with E-state index < -0.39 is 11.4 Å². The second kappa shape index (κ2) is 5.12. The second-order valence-electron chi connectivity index (χ2n) is 4.42. The number of carbonyl (C=O) groups excluding carboxylic acids is 2. The van der Waals surface area contributed by atoms with Gasteiger partial charge in [0.25, 0.3) is 0 Å². The van der Waals surface area contributed by atoms with Crippen LogP contribution in [-0.4, -0.2) is 28.1 Å². The number of aromatic nitrogens is 2. The minimum atomic E-state index is -1.13. The molecule has 0 amide bonds. The Morgan fingerprint density at radius 1 is 1.47 bits per heavy atom. The van der Waals surface area contributed by atoms with Crippen molar-refractivity contribution in [3.05, 3.63) is 18.0 Å². The van der Waals surface area contributed by atoms with Crippen LogP contribution in [0.15, 0.2) is 12.3 Å². The fourth-order valence-corrected chi connectivity index (χ4v) is 1.32. The molecule has 5 nitrogen and oxygen atoms in total. The fourth-order valence-electron chi connectivity index (χ4n) is 1.32. The molecule has 0 atom stereocenters. The molecule has 1 rings (SSSR count). The normalized spacial score (nSPS) is 11.3. The summed E-state index contributed by atoms with van der Waals surface area (Å²) in [5, 5.41) is 4.11. The lowest BCUT2D eigenvalue weighted by Gasteiger charge is -2.20. The van der Waals surface area contributed by atoms with Crippen LogP contribution in [0.2, 0.25) is 0 Å². The zero-order valence-electron chi connectivity index (χ0n) is 10.7. The summed E-state index contributed by atoms with van der Waals surface area (Å²) < 4.78 is 6.41. The van der Waals surface area contributed by atoms with Crippen LogP contribution in [0.25, 0.3) is 0 Å². The number of hydrogen-bond donors (Lipinski definition) is 0. The molecule has 94 valence electrons. The Balaban J connectivity index is 2.72. The molecule has 0 saturated heterocycles. The molecule has 0 aliphatic heterocycles. The lowest BCUT2D eigenvalue weighted by molar-refractivity contribution is -0.158. The summed E-state index contributed by atoms with van der Waals surface area (Å²) in [7, 11) is 0. The van der Waals surface area contributed by atoms with E-state index in [2.05, 4.69) is 5.10 Å². The highest BCUT2D eigenvalue weighted by Gasteiger charge is 2.37. The molecular weight excluding hydrogens is 220 g/mol. The van der Waals surface area contributed by atoms with Crippen LogP contribution in [0.3, 0.4) is 0 Å². The SMILES string of the molecule is CCOC(=O)C(C)(C)C(=O)Cn1ccc(C)n1. The van der Waals surface area contributed by atoms with Crippen molar-refractivity contribution in [1.29, 1.82) is 0 Å². The molecule has 1 aromatic rings. The zero-order valence-corrected chi connectivity index (χ0v) is 10.7. The lowest BCUT2D eigenvalue weighted by atomic mass is 9.88. The molecule has 1 aromatic heterocycles. The summed E-state index contributed by atoms with van der Waals surface area (Å²) in [5.74, 6) is -0.701. The maximum atomic E-state index is 12.0. The first-order valence-corrected chi connectivity index (χ1v) is 5.58. The third kappa shape index (κ3) is 3.15. The predicted octanol–water partition coefficient (Wildman–Crippen LogP) is 1.35. The van der Waals surface area contributed by atoms with Gasteiger partial charge in [-0.2, -0.15) is 5.10 Å². The molecule has 0 saturated carbocycles. The van der Waals surface area contributed by atoms with E-state index in [0.29, 0.717) is 0 Å². The molecule has 0 radical (unpaired) electrons. The van der Waals surface area contributed by atoms with Gasteiger partial charge >= 0.3 is 5.97 Å². The number of carbonyl (C=O) groups is 2. The summed E-state index contributed by atoms with van der Waals surface area (Å²) in [6.45, 7) is 7.07. The third-order valence-corrected chi connectivity index (χ3v) is 2.56. The number of ketones is 1. The maximum absolute atomic E-state index is 12.0. The van der Waals surface area contributed by atoms with Crippen molar-refractivity contribution >= 4 is 11.8 Å². The molecule has 0 aromatic carbocycles. The van der Waals surface area contributed by atoms with E-state index in [1.807, 2.05) is 13.0 Å². The number of Topliss-reactive ketones (excluding diaryl/α,β-unsaturated/α-hetero) is 1. The molecule has 17 heavy (non-hydrogen) atoms. The lowest BCUT2D eigenvalue weighted by Crippen LogP contribution is -2.37. The Kier molecular flexibility index (Phi) is 4.04. The van der Waals surface area contributed by atoms with Gasteiger partial charge in [0.1, 0.15) is 12.0 Å². The number of aryl methyl sites for hydroxylation is 1. The van der Waals surface area contributed by atoms with E-state index in [0.717, 1.165) is 5.69 Å². The maximum Gasteiger partial charge on any atom is 0.319 e. The van der Waals surface area contributed by atoms with Crippen LogP contribution in [0, 0.1) is 12.3 Å². The predicted molar refractivity (Wildman–Crippen MR) is 62.4 cm³/mol. The number of hydrogen-bond acceptors (Lipinski definition) is 4. The summed E-state index contributed by atoms with van der Waals surface area (Å²) in [6, 6.07) is 1.81. The first-order valence-electron chi connectivity index (χ1n) is 5.58. The average molecular weight is 238 g/mol. The van der Waals surface area contributed by atoms with Crippen LogP contribution in [0.4, 0.5) is 0 Å². The third-order valence-electron chi connectivity index (χ3n) is 2.56. The molecule has 0 unspecified atom stereocenters. The summed E-state index contributed by atoms with van der Waals surface area (Å²) in [5.41, 5.74) is -0.290. The van der Waals surface area contributed by atoms with Gasteiger partial charge in [-0.1, -0.05) is 0 Å². The van der Waals surface area contributed by atoms with Crippen LogP contribution in [0.1, 0.15) is 26.5 Å². The molecule has 0 bridgehead atoms. The molecule has 1 heterocycles. The first kappa shape index (κ1) is 13.4. The van der Waals surface area contributed by atoms with Crippen molar-refractivity contribution in [2.75, 3.05) is 6.61 Å². The number of esters is 1. The molecular formula is C12H18N2O3. The van der Waals surface area contributed by atoms with Crippen molar-refractivity contribution in [3.63, 3.8) is 0 Å². The van der Waals surface area contributed by atoms with Gasteiger partial charge in [-0.25, -0.2) is 0 Å². The molecule has 5 heteroatoms. The van der Waals surface area contributed by atoms with Crippen LogP contribution in [0.5, 0.6) is 0 Å². The number of nitrogens with zero attached hydrogens (tertiary/aromatic N) is 2. The van der Waals surface area contributed by atoms with E-state index in [1.165, 1.54) is 4.68 Å². The van der Waals surface area contributed by atoms with Gasteiger partial charge in [0, 0.05) is 6.20 Å². The van der Waals surface area contributed by atoms with Gasteiger partial charge in [-0.05, 0) is 33.8 Å². The topological polar surface area (TPSA) is 61.2 Å². The monoisotopic (exact) mass is 238 g/mol. The highest BCUT2D eigenvalue weighted by molar-refractivity contribution is 6.02. The first-order chi connectivity index (χ1) is 7.87. The Hall–Kier alpha value is -1.65. The largest absolute Gasteiger partial charge is 0.465 e. The van der Waals surface area contributed by atoms with Crippen LogP contribution in [-0.2, 0) is 20.9 Å². The average Bonchev–Trinajstić information content (AvgIpc) is 2.64. The Bertz CT molecular complexity index is 421. The second-order valence-corrected chi connectivity index (χ2v) is 4.42. The smallest absolute Gasteiger partial charge is 0.319 e. The zero-order chi connectivity index (χ0) is 13.1. The van der Waals surface area contributed by atoms with E-state index in [1.54, 1.807) is 27.0 Å². The molecule has 0 N–H and O–H groups in total. The molecule has 0 aliphatic carbocycles. The summed E-state index contributed by atoms with van der Waals surface area (Å²) in [6.07, 6.45) is 1.72. The number of ether oxygens (including phenoxy) is 1. The summed E-state index contributed by atoms with van der Waals surface area (Å²) in [4.78, 5) is 23.6. The van der Waals surface area contributed by atoms with Gasteiger partial charge in [0.15, 0.2) is 5.78 Å². The highest BCUT2D eigenvalue weighted by atomic mass is 16.5. The Morgan fingerprint density at radius 2 is 2.12 bits per heavy atom. The van der Waals surface area contributed by atoms with Gasteiger partial charge in [-0.3, -0.25) is 14.3 Å². The van der Waals surface area contributed by atoms with Gasteiger partial charge in [0.05, 0.1) is 12.3 Å². The number of rotatable bonds is 5. The molecule has 0 fully saturated rings. The Morgan fingerprint density at radius 3 is 2.59 bits per heavy atom. The molecule has 0 aliphatic rings. The van der Waals surface area contributed by atoms with Crippen molar-refractivity contribution < 1.29 is 14.3 Å². The molecule has 0 spiro atoms. The standard InChI is InChI=1S/C12H18N2O3/c1-5-17-11(16)12(3,4)10(15)8-14-7-6-9(2)13-14/h6-7H,5,8H2,1-4H3. The summed E-state index contributed by atoms with van der Waals surface area (Å²) >= 11 is 0. The minimum absolute atomic E-state index is 0.0830. The van der Waals surface area contributed by atoms with Crippen molar-refractivity contribution in [3.8, 4) is 0 Å². The van der Waals surface area contributed by atoms with Crippen molar-refractivity contribution in [2.45, 2.75) is 34.2 Å². The van der Waals surface area contributed by atoms with Crippen molar-refractivity contribution in [2.24, 2.45) is 5.41 Å². The van der Waals surface area contributed by atoms with Crippen LogP contribution < -0.4 is 0 Å². The van der Waals surface area contributed by atoms with E-state index >= 15 is 0 Å². The van der Waals surface area contributed by atoms with Gasteiger partial charge < -0.3 is 4.74 Å². The van der Waals surface area contributed by atoms with Crippen molar-refractivity contribution in [1.82, 2.24) is 9.78 Å². The quantitative estimate of drug-likeness (QED) is 0.574. The Labute approximate surface area is 101 Å². The highest BCUT2D eigenvalue weighted by Crippen LogP contribution is 2.19. The van der Waals surface area contributed by atoms with E-state index in [9.17, 15) is 9.59 Å². The van der Waals surface area contributed by atoms with E-state index in [-0.39, 0.29) is 18.9 Å². The fraction of sp³-hybridized carbons (Fsp3) is 0.583. The van der Waals surface area contributed by atoms with E-state index in [4.69, 9.17) is 4.74 Å². The van der Waals surface area contributed by atoms with Gasteiger partial charge in [-0.15, -0.1) is 0 Å².